The molecule has 1 aromatic rings. The summed E-state index contributed by atoms with van der Waals surface area (Å²) >= 11 is 0. The molecule has 1 aromatic carbocycles. The second-order valence-electron chi connectivity index (χ2n) is 2.98. The number of hydrogen-bond donors (Lipinski definition) is 2. The molecule has 1 aliphatic rings. The third kappa shape index (κ3) is 0.863. The molecule has 0 unspecified atom stereocenters. The van der Waals surface area contributed by atoms with Gasteiger partial charge >= 0.3 is 0 Å². The molecule has 0 bridgehead atoms. The lowest BCUT2D eigenvalue weighted by Gasteiger charge is -2.02. The fourth-order valence-electron chi connectivity index (χ4n) is 1.58. The highest BCUT2D eigenvalue weighted by atomic mass is 16.3. The van der Waals surface area contributed by atoms with E-state index in [1.54, 1.807) is 0 Å². The summed E-state index contributed by atoms with van der Waals surface area (Å²) in [5.41, 5.74) is 7.62. The lowest BCUT2D eigenvalue weighted by Crippen LogP contribution is -1.95. The monoisotopic (exact) mass is 163 g/mol. The Morgan fingerprint density at radius 3 is 2.83 bits per heavy atom. The summed E-state index contributed by atoms with van der Waals surface area (Å²) < 4.78 is 0. The Balaban J connectivity index is 2.68. The van der Waals surface area contributed by atoms with Crippen LogP contribution in [0.4, 0.5) is 5.69 Å². The number of benzene rings is 1. The number of ketones is 1. The van der Waals surface area contributed by atoms with Crippen LogP contribution in [0.3, 0.4) is 0 Å². The lowest BCUT2D eigenvalue weighted by molar-refractivity contribution is 0.0994. The van der Waals surface area contributed by atoms with Gasteiger partial charge in [-0.2, -0.15) is 0 Å². The van der Waals surface area contributed by atoms with E-state index in [4.69, 9.17) is 10.8 Å². The number of fused-ring (bicyclic) bond motifs is 1. The first-order chi connectivity index (χ1) is 5.68. The van der Waals surface area contributed by atoms with Crippen molar-refractivity contribution in [3.8, 4) is 5.75 Å². The zero-order valence-electron chi connectivity index (χ0n) is 6.50. The van der Waals surface area contributed by atoms with Crippen LogP contribution in [-0.4, -0.2) is 10.9 Å². The fraction of sp³-hybridized carbons (Fsp3) is 0.222. The van der Waals surface area contributed by atoms with Gasteiger partial charge in [0.05, 0.1) is 0 Å². The number of carbonyl (C=O) groups is 1. The standard InChI is InChI=1S/C9H9NO2/c10-8-4-5(11)3-7-6(8)1-2-9(7)12/h3-4,11H,1-2,10H2. The SMILES string of the molecule is Nc1cc(O)cc2c1CCC2=O. The van der Waals surface area contributed by atoms with Gasteiger partial charge in [-0.3, -0.25) is 4.79 Å². The molecule has 0 saturated carbocycles. The topological polar surface area (TPSA) is 63.3 Å². The zero-order chi connectivity index (χ0) is 8.72. The molecule has 3 heteroatoms. The Labute approximate surface area is 69.8 Å². The number of phenolic OH excluding ortho intramolecular Hbond substituents is 1. The van der Waals surface area contributed by atoms with Gasteiger partial charge in [-0.1, -0.05) is 0 Å². The van der Waals surface area contributed by atoms with Crippen molar-refractivity contribution in [2.45, 2.75) is 12.8 Å². The third-order valence-corrected chi connectivity index (χ3v) is 2.17. The molecule has 0 fully saturated rings. The van der Waals surface area contributed by atoms with Crippen molar-refractivity contribution in [2.75, 3.05) is 5.73 Å². The Kier molecular flexibility index (Phi) is 1.33. The molecule has 0 saturated heterocycles. The normalized spacial score (nSPS) is 14.8. The van der Waals surface area contributed by atoms with Crippen molar-refractivity contribution in [2.24, 2.45) is 0 Å². The zero-order valence-corrected chi connectivity index (χ0v) is 6.50. The number of carbonyl (C=O) groups excluding carboxylic acids is 1. The molecular weight excluding hydrogens is 154 g/mol. The maximum Gasteiger partial charge on any atom is 0.163 e. The Morgan fingerprint density at radius 2 is 2.08 bits per heavy atom. The number of hydrogen-bond acceptors (Lipinski definition) is 3. The predicted octanol–water partition coefficient (Wildman–Crippen LogP) is 1.10. The predicted molar refractivity (Wildman–Crippen MR) is 45.2 cm³/mol. The van der Waals surface area contributed by atoms with Crippen LogP contribution in [0.1, 0.15) is 22.3 Å². The number of aromatic hydroxyl groups is 1. The highest BCUT2D eigenvalue weighted by molar-refractivity contribution is 6.02. The highest BCUT2D eigenvalue weighted by Gasteiger charge is 2.21. The Bertz CT molecular complexity index is 358. The summed E-state index contributed by atoms with van der Waals surface area (Å²) in [7, 11) is 0. The van der Waals surface area contributed by atoms with E-state index in [-0.39, 0.29) is 11.5 Å². The van der Waals surface area contributed by atoms with Gasteiger partial charge in [0.1, 0.15) is 5.75 Å². The number of anilines is 1. The van der Waals surface area contributed by atoms with Crippen LogP contribution >= 0.6 is 0 Å². The molecular formula is C9H9NO2. The minimum Gasteiger partial charge on any atom is -0.508 e. The molecule has 2 rings (SSSR count). The first kappa shape index (κ1) is 7.16. The number of nitrogen functional groups attached to an aromatic ring is 1. The second-order valence-corrected chi connectivity index (χ2v) is 2.98. The molecule has 0 radical (unpaired) electrons. The molecule has 62 valence electrons. The quantitative estimate of drug-likeness (QED) is 0.563. The fourth-order valence-corrected chi connectivity index (χ4v) is 1.58. The van der Waals surface area contributed by atoms with Gasteiger partial charge in [0.25, 0.3) is 0 Å². The van der Waals surface area contributed by atoms with E-state index in [1.807, 2.05) is 0 Å². The minimum atomic E-state index is 0.0708. The van der Waals surface area contributed by atoms with Crippen molar-refractivity contribution >= 4 is 11.5 Å². The summed E-state index contributed by atoms with van der Waals surface area (Å²) in [6.45, 7) is 0. The molecule has 3 nitrogen and oxygen atoms in total. The average Bonchev–Trinajstić information content (AvgIpc) is 2.33. The minimum absolute atomic E-state index is 0.0708. The molecule has 12 heavy (non-hydrogen) atoms. The summed E-state index contributed by atoms with van der Waals surface area (Å²) in [4.78, 5) is 11.2. The van der Waals surface area contributed by atoms with Crippen LogP contribution in [-0.2, 0) is 6.42 Å². The molecule has 0 amide bonds. The number of Topliss-reactive ketones (excluding diaryl/α,β-unsaturated/α-hetero) is 1. The molecule has 0 spiro atoms. The smallest absolute Gasteiger partial charge is 0.163 e. The first-order valence-electron chi connectivity index (χ1n) is 3.83. The molecule has 0 aliphatic heterocycles. The first-order valence-corrected chi connectivity index (χ1v) is 3.83. The number of nitrogens with two attached hydrogens (primary N) is 1. The van der Waals surface area contributed by atoms with Crippen LogP contribution in [0.5, 0.6) is 5.75 Å². The van der Waals surface area contributed by atoms with E-state index >= 15 is 0 Å². The van der Waals surface area contributed by atoms with Gasteiger partial charge < -0.3 is 10.8 Å². The van der Waals surface area contributed by atoms with Crippen LogP contribution in [0.2, 0.25) is 0 Å². The van der Waals surface area contributed by atoms with Gasteiger partial charge in [-0.25, -0.2) is 0 Å². The van der Waals surface area contributed by atoms with Crippen LogP contribution in [0, 0.1) is 0 Å². The van der Waals surface area contributed by atoms with E-state index in [9.17, 15) is 4.79 Å². The average molecular weight is 163 g/mol. The summed E-state index contributed by atoms with van der Waals surface area (Å²) in [6, 6.07) is 2.97. The summed E-state index contributed by atoms with van der Waals surface area (Å²) in [6.07, 6.45) is 1.23. The molecule has 0 aromatic heterocycles. The maximum atomic E-state index is 11.2. The third-order valence-electron chi connectivity index (χ3n) is 2.17. The van der Waals surface area contributed by atoms with Gasteiger partial charge in [0.2, 0.25) is 0 Å². The molecule has 3 N–H and O–H groups in total. The molecule has 0 heterocycles. The highest BCUT2D eigenvalue weighted by Crippen LogP contribution is 2.30. The van der Waals surface area contributed by atoms with Gasteiger partial charge in [0, 0.05) is 23.7 Å². The largest absolute Gasteiger partial charge is 0.508 e. The van der Waals surface area contributed by atoms with Crippen molar-refractivity contribution < 1.29 is 9.90 Å². The molecule has 0 atom stereocenters. The lowest BCUT2D eigenvalue weighted by atomic mass is 10.1. The van der Waals surface area contributed by atoms with Crippen LogP contribution < -0.4 is 5.73 Å². The summed E-state index contributed by atoms with van der Waals surface area (Å²) in [5.74, 6) is 0.147. The van der Waals surface area contributed by atoms with E-state index < -0.39 is 0 Å². The maximum absolute atomic E-state index is 11.2. The van der Waals surface area contributed by atoms with Gasteiger partial charge in [-0.05, 0) is 18.1 Å². The van der Waals surface area contributed by atoms with Crippen molar-refractivity contribution in [1.29, 1.82) is 0 Å². The van der Waals surface area contributed by atoms with E-state index in [1.165, 1.54) is 12.1 Å². The van der Waals surface area contributed by atoms with Crippen molar-refractivity contribution in [3.63, 3.8) is 0 Å². The molecule has 1 aliphatic carbocycles. The van der Waals surface area contributed by atoms with E-state index in [0.29, 0.717) is 24.1 Å². The van der Waals surface area contributed by atoms with Gasteiger partial charge in [-0.15, -0.1) is 0 Å². The van der Waals surface area contributed by atoms with Crippen molar-refractivity contribution in [3.05, 3.63) is 23.3 Å². The number of phenols is 1. The number of rotatable bonds is 0. The van der Waals surface area contributed by atoms with Gasteiger partial charge in [0.15, 0.2) is 5.78 Å². The second kappa shape index (κ2) is 2.24. The van der Waals surface area contributed by atoms with E-state index in [2.05, 4.69) is 0 Å². The Hall–Kier alpha value is -1.51. The Morgan fingerprint density at radius 1 is 1.33 bits per heavy atom. The van der Waals surface area contributed by atoms with Crippen molar-refractivity contribution in [1.82, 2.24) is 0 Å². The van der Waals surface area contributed by atoms with E-state index in [0.717, 1.165) is 5.56 Å². The van der Waals surface area contributed by atoms with Crippen LogP contribution in [0.15, 0.2) is 12.1 Å². The van der Waals surface area contributed by atoms with Crippen LogP contribution in [0.25, 0.3) is 0 Å². The summed E-state index contributed by atoms with van der Waals surface area (Å²) in [5, 5.41) is 9.16.